The van der Waals surface area contributed by atoms with Gasteiger partial charge in [0, 0.05) is 30.7 Å². The van der Waals surface area contributed by atoms with Gasteiger partial charge in [0.1, 0.15) is 0 Å². The predicted molar refractivity (Wildman–Crippen MR) is 62.6 cm³/mol. The maximum Gasteiger partial charge on any atom is 0.165 e. The number of carbonyl (C=O) groups excluding carboxylic acids is 1. The Morgan fingerprint density at radius 3 is 3.06 bits per heavy atom. The molecule has 2 rings (SSSR count). The molecule has 2 aromatic rings. The summed E-state index contributed by atoms with van der Waals surface area (Å²) in [4.78, 5) is 16.0. The van der Waals surface area contributed by atoms with Crippen molar-refractivity contribution in [3.05, 3.63) is 42.1 Å². The third-order valence-corrected chi connectivity index (χ3v) is 2.46. The molecule has 0 bridgehead atoms. The van der Waals surface area contributed by atoms with Gasteiger partial charge in [-0.1, -0.05) is 18.2 Å². The Morgan fingerprint density at radius 2 is 2.25 bits per heavy atom. The molecule has 1 heterocycles. The average Bonchev–Trinajstić information content (AvgIpc) is 2.35. The van der Waals surface area contributed by atoms with Crippen LogP contribution in [0.5, 0.6) is 0 Å². The summed E-state index contributed by atoms with van der Waals surface area (Å²) in [7, 11) is 1.59. The van der Waals surface area contributed by atoms with Crippen LogP contribution in [0.2, 0.25) is 0 Å². The first-order valence-corrected chi connectivity index (χ1v) is 5.18. The molecule has 0 atom stereocenters. The summed E-state index contributed by atoms with van der Waals surface area (Å²) >= 11 is 0. The normalized spacial score (nSPS) is 10.6. The third-order valence-electron chi connectivity index (χ3n) is 2.46. The van der Waals surface area contributed by atoms with E-state index in [-0.39, 0.29) is 5.78 Å². The number of carbonyl (C=O) groups is 1. The lowest BCUT2D eigenvalue weighted by Gasteiger charge is -2.02. The minimum atomic E-state index is 0.0920. The van der Waals surface area contributed by atoms with Gasteiger partial charge in [0.2, 0.25) is 0 Å². The van der Waals surface area contributed by atoms with Crippen molar-refractivity contribution in [3.8, 4) is 0 Å². The topological polar surface area (TPSA) is 39.2 Å². The van der Waals surface area contributed by atoms with Crippen molar-refractivity contribution in [1.82, 2.24) is 4.98 Å². The molecule has 82 valence electrons. The maximum atomic E-state index is 11.7. The number of nitrogens with zero attached hydrogens (tertiary/aromatic N) is 1. The fourth-order valence-corrected chi connectivity index (χ4v) is 1.58. The lowest BCUT2D eigenvalue weighted by molar-refractivity contribution is 0.0932. The predicted octanol–water partition coefficient (Wildman–Crippen LogP) is 2.45. The van der Waals surface area contributed by atoms with Crippen LogP contribution >= 0.6 is 0 Å². The van der Waals surface area contributed by atoms with Gasteiger partial charge >= 0.3 is 0 Å². The largest absolute Gasteiger partial charge is 0.384 e. The molecule has 0 amide bonds. The molecule has 0 aliphatic rings. The SMILES string of the molecule is COCCC(=O)c1ccc2cccnc2c1. The lowest BCUT2D eigenvalue weighted by atomic mass is 10.1. The highest BCUT2D eigenvalue weighted by molar-refractivity contribution is 5.99. The van der Waals surface area contributed by atoms with E-state index in [9.17, 15) is 4.79 Å². The Morgan fingerprint density at radius 1 is 1.38 bits per heavy atom. The number of benzene rings is 1. The summed E-state index contributed by atoms with van der Waals surface area (Å²) in [5, 5.41) is 1.05. The van der Waals surface area contributed by atoms with Crippen LogP contribution in [0.3, 0.4) is 0 Å². The Labute approximate surface area is 94.1 Å². The number of pyridine rings is 1. The molecule has 3 nitrogen and oxygen atoms in total. The van der Waals surface area contributed by atoms with Gasteiger partial charge in [-0.2, -0.15) is 0 Å². The molecule has 0 aliphatic carbocycles. The summed E-state index contributed by atoms with van der Waals surface area (Å²) < 4.78 is 4.88. The molecule has 0 N–H and O–H groups in total. The van der Waals surface area contributed by atoms with Crippen molar-refractivity contribution in [3.63, 3.8) is 0 Å². The van der Waals surface area contributed by atoms with Crippen molar-refractivity contribution in [1.29, 1.82) is 0 Å². The summed E-state index contributed by atoms with van der Waals surface area (Å²) in [6.07, 6.45) is 2.14. The summed E-state index contributed by atoms with van der Waals surface area (Å²) in [5.74, 6) is 0.0920. The van der Waals surface area contributed by atoms with Crippen LogP contribution in [0.25, 0.3) is 10.9 Å². The number of hydrogen-bond acceptors (Lipinski definition) is 3. The van der Waals surface area contributed by atoms with Crippen LogP contribution < -0.4 is 0 Å². The van der Waals surface area contributed by atoms with E-state index in [2.05, 4.69) is 4.98 Å². The van der Waals surface area contributed by atoms with Gasteiger partial charge in [-0.3, -0.25) is 9.78 Å². The minimum Gasteiger partial charge on any atom is -0.384 e. The zero-order valence-corrected chi connectivity index (χ0v) is 9.14. The molecule has 0 spiro atoms. The molecule has 0 saturated carbocycles. The number of hydrogen-bond donors (Lipinski definition) is 0. The Balaban J connectivity index is 2.28. The average molecular weight is 215 g/mol. The second-order valence-corrected chi connectivity index (χ2v) is 3.58. The van der Waals surface area contributed by atoms with E-state index in [0.717, 1.165) is 10.9 Å². The Bertz CT molecular complexity index is 508. The van der Waals surface area contributed by atoms with Crippen molar-refractivity contribution in [2.24, 2.45) is 0 Å². The van der Waals surface area contributed by atoms with Gasteiger partial charge in [-0.25, -0.2) is 0 Å². The molecular formula is C13H13NO2. The van der Waals surface area contributed by atoms with E-state index in [1.54, 1.807) is 13.3 Å². The molecular weight excluding hydrogens is 202 g/mol. The van der Waals surface area contributed by atoms with Gasteiger partial charge in [-0.15, -0.1) is 0 Å². The third kappa shape index (κ3) is 2.25. The van der Waals surface area contributed by atoms with E-state index in [4.69, 9.17) is 4.74 Å². The van der Waals surface area contributed by atoms with Crippen LogP contribution in [-0.2, 0) is 4.74 Å². The second kappa shape index (κ2) is 4.86. The second-order valence-electron chi connectivity index (χ2n) is 3.58. The number of aromatic nitrogens is 1. The fourth-order valence-electron chi connectivity index (χ4n) is 1.58. The number of Topliss-reactive ketones (excluding diaryl/α,β-unsaturated/α-hetero) is 1. The monoisotopic (exact) mass is 215 g/mol. The molecule has 16 heavy (non-hydrogen) atoms. The first kappa shape index (κ1) is 10.8. The standard InChI is InChI=1S/C13H13NO2/c1-16-8-6-13(15)11-5-4-10-3-2-7-14-12(10)9-11/h2-5,7,9H,6,8H2,1H3. The van der Waals surface area contributed by atoms with Crippen molar-refractivity contribution in [2.75, 3.05) is 13.7 Å². The number of fused-ring (bicyclic) bond motifs is 1. The van der Waals surface area contributed by atoms with Crippen LogP contribution in [0.15, 0.2) is 36.5 Å². The van der Waals surface area contributed by atoms with E-state index >= 15 is 0 Å². The first-order valence-electron chi connectivity index (χ1n) is 5.18. The quantitative estimate of drug-likeness (QED) is 0.735. The van der Waals surface area contributed by atoms with Crippen LogP contribution in [-0.4, -0.2) is 24.5 Å². The van der Waals surface area contributed by atoms with Crippen molar-refractivity contribution >= 4 is 16.7 Å². The van der Waals surface area contributed by atoms with Crippen LogP contribution in [0, 0.1) is 0 Å². The Kier molecular flexibility index (Phi) is 3.27. The van der Waals surface area contributed by atoms with E-state index in [1.165, 1.54) is 0 Å². The number of methoxy groups -OCH3 is 1. The Hall–Kier alpha value is -1.74. The molecule has 0 saturated heterocycles. The first-order chi connectivity index (χ1) is 7.81. The van der Waals surface area contributed by atoms with Gasteiger partial charge in [0.25, 0.3) is 0 Å². The molecule has 3 heteroatoms. The highest BCUT2D eigenvalue weighted by atomic mass is 16.5. The number of rotatable bonds is 4. The van der Waals surface area contributed by atoms with E-state index in [1.807, 2.05) is 30.3 Å². The van der Waals surface area contributed by atoms with Crippen LogP contribution in [0.1, 0.15) is 16.8 Å². The molecule has 1 aromatic heterocycles. The lowest BCUT2D eigenvalue weighted by Crippen LogP contribution is -2.03. The van der Waals surface area contributed by atoms with Crippen LogP contribution in [0.4, 0.5) is 0 Å². The van der Waals surface area contributed by atoms with E-state index in [0.29, 0.717) is 18.6 Å². The zero-order chi connectivity index (χ0) is 11.4. The molecule has 0 fully saturated rings. The smallest absolute Gasteiger partial charge is 0.165 e. The summed E-state index contributed by atoms with van der Waals surface area (Å²) in [5.41, 5.74) is 1.55. The summed E-state index contributed by atoms with van der Waals surface area (Å²) in [6, 6.07) is 9.44. The molecule has 0 unspecified atom stereocenters. The minimum absolute atomic E-state index is 0.0920. The number of ether oxygens (including phenoxy) is 1. The van der Waals surface area contributed by atoms with Gasteiger partial charge in [0.05, 0.1) is 12.1 Å². The molecule has 0 aliphatic heterocycles. The fraction of sp³-hybridized carbons (Fsp3) is 0.231. The maximum absolute atomic E-state index is 11.7. The zero-order valence-electron chi connectivity index (χ0n) is 9.14. The van der Waals surface area contributed by atoms with Crippen molar-refractivity contribution in [2.45, 2.75) is 6.42 Å². The number of ketones is 1. The summed E-state index contributed by atoms with van der Waals surface area (Å²) in [6.45, 7) is 0.457. The highest BCUT2D eigenvalue weighted by Crippen LogP contribution is 2.14. The van der Waals surface area contributed by atoms with Gasteiger partial charge in [0.15, 0.2) is 5.78 Å². The molecule has 0 radical (unpaired) electrons. The molecule has 1 aromatic carbocycles. The highest BCUT2D eigenvalue weighted by Gasteiger charge is 2.06. The van der Waals surface area contributed by atoms with Gasteiger partial charge < -0.3 is 4.74 Å². The van der Waals surface area contributed by atoms with Crippen molar-refractivity contribution < 1.29 is 9.53 Å². The van der Waals surface area contributed by atoms with Gasteiger partial charge in [-0.05, 0) is 12.1 Å². The van der Waals surface area contributed by atoms with E-state index < -0.39 is 0 Å².